The zero-order valence-electron chi connectivity index (χ0n) is 11.2. The molecule has 2 atom stereocenters. The van der Waals surface area contributed by atoms with Gasteiger partial charge in [0.25, 0.3) is 0 Å². The van der Waals surface area contributed by atoms with Crippen LogP contribution in [0.3, 0.4) is 0 Å². The summed E-state index contributed by atoms with van der Waals surface area (Å²) in [7, 11) is 0. The molecule has 0 aliphatic heterocycles. The second-order valence-corrected chi connectivity index (χ2v) is 5.13. The number of hydrogen-bond donors (Lipinski definition) is 3. The van der Waals surface area contributed by atoms with Crippen LogP contribution >= 0.6 is 0 Å². The summed E-state index contributed by atoms with van der Waals surface area (Å²) < 4.78 is 0. The van der Waals surface area contributed by atoms with E-state index in [0.717, 1.165) is 25.7 Å². The number of fused-ring (bicyclic) bond motifs is 1. The van der Waals surface area contributed by atoms with Gasteiger partial charge in [-0.2, -0.15) is 0 Å². The molecule has 4 heteroatoms. The molecule has 0 amide bonds. The number of carboxylic acids is 1. The second-order valence-electron chi connectivity index (χ2n) is 5.13. The lowest BCUT2D eigenvalue weighted by Crippen LogP contribution is -2.42. The lowest BCUT2D eigenvalue weighted by molar-refractivity contribution is -0.142. The van der Waals surface area contributed by atoms with Crippen LogP contribution in [-0.4, -0.2) is 28.8 Å². The highest BCUT2D eigenvalue weighted by Crippen LogP contribution is 2.31. The number of aliphatic carboxylic acids is 1. The first-order valence-corrected chi connectivity index (χ1v) is 6.89. The number of aliphatic hydroxyl groups excluding tert-OH is 1. The van der Waals surface area contributed by atoms with Crippen LogP contribution < -0.4 is 5.32 Å². The molecule has 4 nitrogen and oxygen atoms in total. The number of rotatable bonds is 8. The predicted octanol–water partition coefficient (Wildman–Crippen LogP) is 1.86. The van der Waals surface area contributed by atoms with Crippen LogP contribution in [0.25, 0.3) is 0 Å². The topological polar surface area (TPSA) is 69.6 Å². The summed E-state index contributed by atoms with van der Waals surface area (Å²) in [5, 5.41) is 22.4. The number of aliphatic hydroxyl groups is 1. The van der Waals surface area contributed by atoms with Gasteiger partial charge in [0.2, 0.25) is 0 Å². The lowest BCUT2D eigenvalue weighted by Gasteiger charge is -2.20. The highest BCUT2D eigenvalue weighted by Gasteiger charge is 2.28. The molecule has 1 aliphatic rings. The van der Waals surface area contributed by atoms with Crippen molar-refractivity contribution in [2.75, 3.05) is 6.54 Å². The maximum absolute atomic E-state index is 11.3. The Kier molecular flexibility index (Phi) is 4.56. The SMILES string of the molecule is CCCCCNC(C(=O)O)C(O)c1ccc2c(c1)C2. The molecule has 0 radical (unpaired) electrons. The van der Waals surface area contributed by atoms with Gasteiger partial charge in [-0.05, 0) is 36.1 Å². The van der Waals surface area contributed by atoms with Crippen molar-refractivity contribution in [3.05, 3.63) is 34.9 Å². The largest absolute Gasteiger partial charge is 0.480 e. The molecule has 0 aromatic heterocycles. The van der Waals surface area contributed by atoms with Crippen molar-refractivity contribution in [2.45, 2.75) is 44.8 Å². The van der Waals surface area contributed by atoms with Gasteiger partial charge in [0.15, 0.2) is 0 Å². The Balaban J connectivity index is 1.96. The van der Waals surface area contributed by atoms with Gasteiger partial charge in [0, 0.05) is 0 Å². The van der Waals surface area contributed by atoms with E-state index in [4.69, 9.17) is 0 Å². The number of benzene rings is 1. The summed E-state index contributed by atoms with van der Waals surface area (Å²) in [6, 6.07) is 4.75. The summed E-state index contributed by atoms with van der Waals surface area (Å²) >= 11 is 0. The van der Waals surface area contributed by atoms with E-state index in [9.17, 15) is 15.0 Å². The summed E-state index contributed by atoms with van der Waals surface area (Å²) in [6.45, 7) is 2.72. The first-order chi connectivity index (χ1) is 9.13. The standard InChI is InChI=1S/C15H21NO3/c1-2-3-4-7-16-13(15(18)19)14(17)11-6-5-10-8-12(10)9-11/h5-6,9,13-14,16-17H,2-4,7-8H2,1H3,(H,18,19). The number of unbranched alkanes of at least 4 members (excludes halogenated alkanes) is 2. The molecule has 0 saturated heterocycles. The number of hydrogen-bond acceptors (Lipinski definition) is 3. The number of carboxylic acid groups (broad SMARTS) is 1. The van der Waals surface area contributed by atoms with Gasteiger partial charge in [-0.3, -0.25) is 4.79 Å². The van der Waals surface area contributed by atoms with Crippen LogP contribution in [0.4, 0.5) is 0 Å². The third-order valence-electron chi connectivity index (χ3n) is 3.55. The van der Waals surface area contributed by atoms with Gasteiger partial charge in [0.1, 0.15) is 12.1 Å². The first kappa shape index (κ1) is 14.0. The first-order valence-electron chi connectivity index (χ1n) is 6.89. The monoisotopic (exact) mass is 263 g/mol. The van der Waals surface area contributed by atoms with Crippen molar-refractivity contribution in [3.63, 3.8) is 0 Å². The minimum Gasteiger partial charge on any atom is -0.480 e. The van der Waals surface area contributed by atoms with E-state index in [1.807, 2.05) is 18.2 Å². The smallest absolute Gasteiger partial charge is 0.323 e. The molecule has 2 unspecified atom stereocenters. The summed E-state index contributed by atoms with van der Waals surface area (Å²) in [6.07, 6.45) is 3.05. The van der Waals surface area contributed by atoms with Crippen molar-refractivity contribution in [2.24, 2.45) is 0 Å². The van der Waals surface area contributed by atoms with Gasteiger partial charge in [-0.1, -0.05) is 38.0 Å². The van der Waals surface area contributed by atoms with E-state index < -0.39 is 18.1 Å². The summed E-state index contributed by atoms with van der Waals surface area (Å²) in [5.74, 6) is -1.01. The Morgan fingerprint density at radius 2 is 2.16 bits per heavy atom. The molecule has 0 spiro atoms. The van der Waals surface area contributed by atoms with E-state index in [0.29, 0.717) is 12.1 Å². The fraction of sp³-hybridized carbons (Fsp3) is 0.533. The fourth-order valence-electron chi connectivity index (χ4n) is 2.26. The molecule has 0 heterocycles. The Labute approximate surface area is 113 Å². The third kappa shape index (κ3) is 3.55. The molecule has 1 aliphatic carbocycles. The van der Waals surface area contributed by atoms with Crippen LogP contribution in [0.2, 0.25) is 0 Å². The van der Waals surface area contributed by atoms with Gasteiger partial charge in [-0.15, -0.1) is 0 Å². The van der Waals surface area contributed by atoms with Crippen LogP contribution in [0.15, 0.2) is 18.2 Å². The summed E-state index contributed by atoms with van der Waals surface area (Å²) in [5.41, 5.74) is 3.19. The van der Waals surface area contributed by atoms with E-state index in [2.05, 4.69) is 12.2 Å². The van der Waals surface area contributed by atoms with E-state index >= 15 is 0 Å². The Morgan fingerprint density at radius 3 is 2.79 bits per heavy atom. The number of nitrogens with one attached hydrogen (secondary N) is 1. The van der Waals surface area contributed by atoms with E-state index in [1.54, 1.807) is 0 Å². The molecular formula is C15H21NO3. The minimum absolute atomic E-state index is 0.618. The summed E-state index contributed by atoms with van der Waals surface area (Å²) in [4.78, 5) is 11.3. The predicted molar refractivity (Wildman–Crippen MR) is 73.2 cm³/mol. The Hall–Kier alpha value is -1.39. The molecule has 1 aromatic carbocycles. The highest BCUT2D eigenvalue weighted by molar-refractivity contribution is 5.74. The fourth-order valence-corrected chi connectivity index (χ4v) is 2.26. The van der Waals surface area contributed by atoms with Crippen LogP contribution in [-0.2, 0) is 11.2 Å². The van der Waals surface area contributed by atoms with E-state index in [-0.39, 0.29) is 0 Å². The second kappa shape index (κ2) is 6.17. The molecule has 1 aromatic rings. The number of carbonyl (C=O) groups is 1. The van der Waals surface area contributed by atoms with Crippen molar-refractivity contribution in [1.82, 2.24) is 5.32 Å². The zero-order chi connectivity index (χ0) is 13.8. The molecule has 19 heavy (non-hydrogen) atoms. The molecule has 0 saturated carbocycles. The Bertz CT molecular complexity index is 459. The lowest BCUT2D eigenvalue weighted by atomic mass is 10.0. The normalized spacial score (nSPS) is 15.7. The van der Waals surface area contributed by atoms with Crippen molar-refractivity contribution < 1.29 is 15.0 Å². The molecule has 0 bridgehead atoms. The van der Waals surface area contributed by atoms with Gasteiger partial charge < -0.3 is 15.5 Å². The van der Waals surface area contributed by atoms with Crippen LogP contribution in [0.5, 0.6) is 0 Å². The molecule has 2 rings (SSSR count). The van der Waals surface area contributed by atoms with Crippen molar-refractivity contribution in [3.8, 4) is 0 Å². The average molecular weight is 263 g/mol. The van der Waals surface area contributed by atoms with Crippen LogP contribution in [0.1, 0.15) is 49.0 Å². The highest BCUT2D eigenvalue weighted by atomic mass is 16.4. The maximum atomic E-state index is 11.3. The van der Waals surface area contributed by atoms with Crippen molar-refractivity contribution in [1.29, 1.82) is 0 Å². The zero-order valence-corrected chi connectivity index (χ0v) is 11.2. The maximum Gasteiger partial charge on any atom is 0.323 e. The molecule has 0 fully saturated rings. The molecule has 104 valence electrons. The van der Waals surface area contributed by atoms with Crippen LogP contribution in [0, 0.1) is 0 Å². The van der Waals surface area contributed by atoms with Gasteiger partial charge >= 0.3 is 5.97 Å². The third-order valence-corrected chi connectivity index (χ3v) is 3.55. The van der Waals surface area contributed by atoms with Gasteiger partial charge in [0.05, 0.1) is 0 Å². The minimum atomic E-state index is -1.01. The molecular weight excluding hydrogens is 242 g/mol. The molecule has 3 N–H and O–H groups in total. The van der Waals surface area contributed by atoms with Gasteiger partial charge in [-0.25, -0.2) is 0 Å². The quantitative estimate of drug-likeness (QED) is 0.636. The van der Waals surface area contributed by atoms with Crippen molar-refractivity contribution >= 4 is 5.97 Å². The Morgan fingerprint density at radius 1 is 1.37 bits per heavy atom. The van der Waals surface area contributed by atoms with E-state index in [1.165, 1.54) is 11.1 Å². The average Bonchev–Trinajstić information content (AvgIpc) is 3.15.